The zero-order valence-corrected chi connectivity index (χ0v) is 15.7. The Labute approximate surface area is 155 Å². The van der Waals surface area contributed by atoms with E-state index in [2.05, 4.69) is 5.32 Å². The van der Waals surface area contributed by atoms with E-state index in [4.69, 9.17) is 19.0 Å². The number of benzene rings is 2. The van der Waals surface area contributed by atoms with E-state index in [-0.39, 0.29) is 22.1 Å². The van der Waals surface area contributed by atoms with E-state index >= 15 is 0 Å². The van der Waals surface area contributed by atoms with Crippen molar-refractivity contribution in [1.82, 2.24) is 0 Å². The summed E-state index contributed by atoms with van der Waals surface area (Å²) < 4.78 is 39.2. The van der Waals surface area contributed by atoms with Gasteiger partial charge >= 0.3 is 0 Å². The first-order valence-corrected chi connectivity index (χ1v) is 9.38. The number of nitrogens with one attached hydrogen (secondary N) is 1. The van der Waals surface area contributed by atoms with Crippen LogP contribution in [-0.4, -0.2) is 28.5 Å². The molecule has 142 valence electrons. The van der Waals surface area contributed by atoms with Crippen LogP contribution in [0, 0.1) is 6.92 Å². The van der Waals surface area contributed by atoms with E-state index in [9.17, 15) is 13.2 Å². The molecule has 0 atom stereocenters. The number of hydrogen-bond acceptors (Lipinski definition) is 6. The van der Waals surface area contributed by atoms with Gasteiger partial charge in [-0.25, -0.2) is 13.6 Å². The largest absolute Gasteiger partial charge is 0.497 e. The van der Waals surface area contributed by atoms with E-state index < -0.39 is 15.9 Å². The Morgan fingerprint density at radius 2 is 1.85 bits per heavy atom. The molecule has 0 fully saturated rings. The second-order valence-electron chi connectivity index (χ2n) is 5.78. The average Bonchev–Trinajstić information content (AvgIpc) is 2.97. The van der Waals surface area contributed by atoms with Gasteiger partial charge < -0.3 is 19.2 Å². The Balaban J connectivity index is 1.96. The molecule has 2 aromatic carbocycles. The average molecular weight is 390 g/mol. The first kappa shape index (κ1) is 18.7. The number of amides is 1. The van der Waals surface area contributed by atoms with Crippen LogP contribution in [0.5, 0.6) is 11.5 Å². The molecular weight excluding hydrogens is 372 g/mol. The van der Waals surface area contributed by atoms with Gasteiger partial charge in [-0.2, -0.15) is 0 Å². The molecule has 0 spiro atoms. The number of sulfonamides is 1. The lowest BCUT2D eigenvalue weighted by Crippen LogP contribution is -2.16. The van der Waals surface area contributed by atoms with Crippen LogP contribution in [-0.2, 0) is 10.0 Å². The molecule has 27 heavy (non-hydrogen) atoms. The lowest BCUT2D eigenvalue weighted by Gasteiger charge is -2.10. The highest BCUT2D eigenvalue weighted by Gasteiger charge is 2.20. The van der Waals surface area contributed by atoms with Crippen LogP contribution in [0.3, 0.4) is 0 Å². The molecule has 0 aliphatic rings. The molecule has 0 saturated heterocycles. The smallest absolute Gasteiger partial charge is 0.291 e. The second-order valence-corrected chi connectivity index (χ2v) is 7.31. The zero-order chi connectivity index (χ0) is 19.8. The fourth-order valence-corrected chi connectivity index (χ4v) is 3.43. The molecule has 1 amide bonds. The second kappa shape index (κ2) is 6.93. The molecule has 3 N–H and O–H groups in total. The molecule has 0 radical (unpaired) electrons. The van der Waals surface area contributed by atoms with E-state index in [1.54, 1.807) is 32.2 Å². The van der Waals surface area contributed by atoms with Crippen molar-refractivity contribution in [3.05, 3.63) is 47.7 Å². The Bertz CT molecular complexity index is 1130. The Morgan fingerprint density at radius 1 is 1.11 bits per heavy atom. The Kier molecular flexibility index (Phi) is 4.81. The monoisotopic (exact) mass is 390 g/mol. The van der Waals surface area contributed by atoms with E-state index in [0.29, 0.717) is 16.9 Å². The lowest BCUT2D eigenvalue weighted by atomic mass is 10.1. The van der Waals surface area contributed by atoms with Crippen LogP contribution in [0.25, 0.3) is 11.0 Å². The molecule has 3 aromatic rings. The van der Waals surface area contributed by atoms with Gasteiger partial charge in [0.1, 0.15) is 22.0 Å². The number of hydrogen-bond donors (Lipinski definition) is 2. The van der Waals surface area contributed by atoms with E-state index in [0.717, 1.165) is 5.39 Å². The van der Waals surface area contributed by atoms with Gasteiger partial charge in [-0.1, -0.05) is 0 Å². The maximum atomic E-state index is 12.6. The van der Waals surface area contributed by atoms with Crippen molar-refractivity contribution >= 4 is 32.6 Å². The molecule has 0 aliphatic carbocycles. The number of methoxy groups -OCH3 is 2. The van der Waals surface area contributed by atoms with Gasteiger partial charge in [-0.15, -0.1) is 0 Å². The van der Waals surface area contributed by atoms with Crippen LogP contribution in [0.2, 0.25) is 0 Å². The summed E-state index contributed by atoms with van der Waals surface area (Å²) in [6.07, 6.45) is 0. The van der Waals surface area contributed by atoms with Crippen molar-refractivity contribution < 1.29 is 27.1 Å². The van der Waals surface area contributed by atoms with E-state index in [1.165, 1.54) is 25.3 Å². The molecule has 0 aliphatic heterocycles. The lowest BCUT2D eigenvalue weighted by molar-refractivity contribution is 0.0998. The van der Waals surface area contributed by atoms with Crippen molar-refractivity contribution in [2.45, 2.75) is 11.8 Å². The highest BCUT2D eigenvalue weighted by atomic mass is 32.2. The van der Waals surface area contributed by atoms with Crippen LogP contribution < -0.4 is 19.9 Å². The first-order chi connectivity index (χ1) is 12.7. The van der Waals surface area contributed by atoms with Gasteiger partial charge in [0.25, 0.3) is 5.91 Å². The molecule has 0 saturated carbocycles. The zero-order valence-electron chi connectivity index (χ0n) is 14.9. The standard InChI is InChI=1S/C18H18N2O6S/c1-10-13-9-12(24-2)5-7-14(13)26-17(10)18(21)20-11-4-6-15(25-3)16(8-11)27(19,22)23/h4-9H,1-3H3,(H,20,21)(H2,19,22,23). The van der Waals surface area contributed by atoms with Gasteiger partial charge in [-0.05, 0) is 43.3 Å². The number of rotatable bonds is 5. The Hall–Kier alpha value is -3.04. The Morgan fingerprint density at radius 3 is 2.48 bits per heavy atom. The molecule has 3 rings (SSSR count). The van der Waals surface area contributed by atoms with Gasteiger partial charge in [0.15, 0.2) is 5.76 Å². The topological polar surface area (TPSA) is 121 Å². The summed E-state index contributed by atoms with van der Waals surface area (Å²) in [7, 11) is -1.14. The van der Waals surface area contributed by atoms with Gasteiger partial charge in [0.05, 0.1) is 14.2 Å². The third-order valence-corrected chi connectivity index (χ3v) is 5.01. The summed E-state index contributed by atoms with van der Waals surface area (Å²) in [6, 6.07) is 9.36. The number of carbonyl (C=O) groups is 1. The number of fused-ring (bicyclic) bond motifs is 1. The van der Waals surface area contributed by atoms with Crippen LogP contribution >= 0.6 is 0 Å². The van der Waals surface area contributed by atoms with Gasteiger partial charge in [-0.3, -0.25) is 4.79 Å². The molecular formula is C18H18N2O6S. The molecule has 0 bridgehead atoms. The number of ether oxygens (including phenoxy) is 2. The number of carbonyl (C=O) groups excluding carboxylic acids is 1. The third kappa shape index (κ3) is 3.60. The minimum Gasteiger partial charge on any atom is -0.497 e. The maximum Gasteiger partial charge on any atom is 0.291 e. The van der Waals surface area contributed by atoms with Gasteiger partial charge in [0, 0.05) is 16.6 Å². The van der Waals surface area contributed by atoms with Crippen molar-refractivity contribution in [3.8, 4) is 11.5 Å². The van der Waals surface area contributed by atoms with Crippen molar-refractivity contribution in [2.75, 3.05) is 19.5 Å². The van der Waals surface area contributed by atoms with Crippen molar-refractivity contribution in [3.63, 3.8) is 0 Å². The summed E-state index contributed by atoms with van der Waals surface area (Å²) in [5.74, 6) is 0.327. The van der Waals surface area contributed by atoms with Crippen LogP contribution in [0.1, 0.15) is 16.1 Å². The van der Waals surface area contributed by atoms with E-state index in [1.807, 2.05) is 0 Å². The summed E-state index contributed by atoms with van der Waals surface area (Å²) >= 11 is 0. The molecule has 1 heterocycles. The minimum atomic E-state index is -4.02. The number of anilines is 1. The highest BCUT2D eigenvalue weighted by molar-refractivity contribution is 7.89. The predicted molar refractivity (Wildman–Crippen MR) is 99.8 cm³/mol. The van der Waals surface area contributed by atoms with Crippen LogP contribution in [0.4, 0.5) is 5.69 Å². The fourth-order valence-electron chi connectivity index (χ4n) is 2.71. The number of nitrogens with two attached hydrogens (primary N) is 1. The summed E-state index contributed by atoms with van der Waals surface area (Å²) in [4.78, 5) is 12.4. The summed E-state index contributed by atoms with van der Waals surface area (Å²) in [5, 5.41) is 8.56. The molecule has 0 unspecified atom stereocenters. The highest BCUT2D eigenvalue weighted by Crippen LogP contribution is 2.30. The molecule has 9 heteroatoms. The number of aryl methyl sites for hydroxylation is 1. The van der Waals surface area contributed by atoms with Crippen LogP contribution in [0.15, 0.2) is 45.7 Å². The number of furan rings is 1. The number of primary sulfonamides is 1. The van der Waals surface area contributed by atoms with Crippen molar-refractivity contribution in [1.29, 1.82) is 0 Å². The fraction of sp³-hybridized carbons (Fsp3) is 0.167. The predicted octanol–water partition coefficient (Wildman–Crippen LogP) is 2.66. The molecule has 8 nitrogen and oxygen atoms in total. The molecule has 1 aromatic heterocycles. The summed E-state index contributed by atoms with van der Waals surface area (Å²) in [5.41, 5.74) is 1.42. The SMILES string of the molecule is COc1ccc2oc(C(=O)Nc3ccc(OC)c(S(N)(=O)=O)c3)c(C)c2c1. The minimum absolute atomic E-state index is 0.0857. The maximum absolute atomic E-state index is 12.6. The third-order valence-electron chi connectivity index (χ3n) is 4.08. The van der Waals surface area contributed by atoms with Gasteiger partial charge in [0.2, 0.25) is 10.0 Å². The quantitative estimate of drug-likeness (QED) is 0.691. The van der Waals surface area contributed by atoms with Crippen molar-refractivity contribution in [2.24, 2.45) is 5.14 Å². The normalized spacial score (nSPS) is 11.4. The summed E-state index contributed by atoms with van der Waals surface area (Å²) in [6.45, 7) is 1.75. The first-order valence-electron chi connectivity index (χ1n) is 7.84.